The maximum atomic E-state index is 11.3. The number of hydrogen-bond acceptors (Lipinski definition) is 3. The van der Waals surface area contributed by atoms with Crippen molar-refractivity contribution in [1.82, 2.24) is 0 Å². The highest BCUT2D eigenvalue weighted by molar-refractivity contribution is 6.33. The molecule has 0 aromatic heterocycles. The van der Waals surface area contributed by atoms with Crippen LogP contribution in [0.1, 0.15) is 49.4 Å². The number of nitrogen functional groups attached to an aromatic ring is 1. The van der Waals surface area contributed by atoms with Gasteiger partial charge in [-0.05, 0) is 43.7 Å². The Bertz CT molecular complexity index is 504. The van der Waals surface area contributed by atoms with Gasteiger partial charge in [-0.3, -0.25) is 0 Å². The van der Waals surface area contributed by atoms with E-state index in [2.05, 4.69) is 6.92 Å². The molecule has 2 atom stereocenters. The summed E-state index contributed by atoms with van der Waals surface area (Å²) in [6.07, 6.45) is 5.44. The summed E-state index contributed by atoms with van der Waals surface area (Å²) in [5, 5.41) is 9.54. The molecule has 0 bridgehead atoms. The molecule has 0 radical (unpaired) electrons. The number of nitrogens with two attached hydrogens (primary N) is 1. The fourth-order valence-corrected chi connectivity index (χ4v) is 3.11. The number of anilines is 1. The van der Waals surface area contributed by atoms with Crippen LogP contribution >= 0.6 is 11.6 Å². The quantitative estimate of drug-likeness (QED) is 0.825. The number of carboxylic acid groups (broad SMARTS) is 1. The van der Waals surface area contributed by atoms with Crippen LogP contribution in [-0.2, 0) is 0 Å². The van der Waals surface area contributed by atoms with E-state index in [1.54, 1.807) is 0 Å². The number of hydrogen-bond donors (Lipinski definition) is 2. The maximum absolute atomic E-state index is 11.3. The van der Waals surface area contributed by atoms with Crippen molar-refractivity contribution in [2.75, 3.05) is 5.73 Å². The molecule has 2 unspecified atom stereocenters. The molecule has 0 amide bonds. The van der Waals surface area contributed by atoms with Gasteiger partial charge in [0.05, 0.1) is 5.02 Å². The Labute approximate surface area is 123 Å². The minimum absolute atomic E-state index is 0.0352. The molecule has 1 aliphatic rings. The normalized spacial score (nSPS) is 22.5. The monoisotopic (exact) mass is 297 g/mol. The molecule has 1 fully saturated rings. The van der Waals surface area contributed by atoms with Gasteiger partial charge in [0.1, 0.15) is 11.7 Å². The fourth-order valence-electron chi connectivity index (χ4n) is 2.84. The van der Waals surface area contributed by atoms with Crippen molar-refractivity contribution in [2.45, 2.75) is 45.1 Å². The summed E-state index contributed by atoms with van der Waals surface area (Å²) < 4.78 is 5.97. The van der Waals surface area contributed by atoms with E-state index in [-0.39, 0.29) is 22.4 Å². The molecule has 1 aliphatic carbocycles. The van der Waals surface area contributed by atoms with E-state index >= 15 is 0 Å². The molecule has 0 saturated heterocycles. The average Bonchev–Trinajstić information content (AvgIpc) is 2.41. The first-order valence-corrected chi connectivity index (χ1v) is 7.39. The first-order valence-electron chi connectivity index (χ1n) is 7.02. The van der Waals surface area contributed by atoms with Crippen molar-refractivity contribution in [3.05, 3.63) is 22.7 Å². The van der Waals surface area contributed by atoms with Crippen LogP contribution < -0.4 is 10.5 Å². The molecule has 2 rings (SSSR count). The molecule has 1 saturated carbocycles. The Kier molecular flexibility index (Phi) is 4.76. The molecular weight excluding hydrogens is 278 g/mol. The first-order chi connectivity index (χ1) is 9.52. The fraction of sp³-hybridized carbons (Fsp3) is 0.533. The molecular formula is C15H20ClNO3. The van der Waals surface area contributed by atoms with Crippen molar-refractivity contribution in [1.29, 1.82) is 0 Å². The summed E-state index contributed by atoms with van der Waals surface area (Å²) in [4.78, 5) is 11.3. The van der Waals surface area contributed by atoms with Crippen LogP contribution in [0.5, 0.6) is 5.75 Å². The molecule has 0 spiro atoms. The third kappa shape index (κ3) is 3.18. The number of aromatic carboxylic acids is 1. The van der Waals surface area contributed by atoms with Gasteiger partial charge in [0.15, 0.2) is 5.75 Å². The van der Waals surface area contributed by atoms with Gasteiger partial charge in [-0.2, -0.15) is 0 Å². The van der Waals surface area contributed by atoms with Crippen LogP contribution in [0.15, 0.2) is 12.1 Å². The standard InChI is InChI=1S/C15H20ClNO3/c1-2-9-5-3-4-6-13(9)20-14-11(15(18)19)7-10(17)8-12(14)16/h7-9,13H,2-6,17H2,1H3,(H,18,19). The molecule has 5 heteroatoms. The van der Waals surface area contributed by atoms with Gasteiger partial charge < -0.3 is 15.6 Å². The number of benzene rings is 1. The predicted octanol–water partition coefficient (Wildman–Crippen LogP) is 3.97. The van der Waals surface area contributed by atoms with Crippen LogP contribution in [-0.4, -0.2) is 17.2 Å². The van der Waals surface area contributed by atoms with Gasteiger partial charge >= 0.3 is 5.97 Å². The summed E-state index contributed by atoms with van der Waals surface area (Å²) in [5.74, 6) is -0.365. The third-order valence-electron chi connectivity index (χ3n) is 3.93. The van der Waals surface area contributed by atoms with Crippen molar-refractivity contribution in [3.8, 4) is 5.75 Å². The van der Waals surface area contributed by atoms with E-state index in [0.29, 0.717) is 11.6 Å². The Morgan fingerprint density at radius 3 is 2.80 bits per heavy atom. The molecule has 20 heavy (non-hydrogen) atoms. The topological polar surface area (TPSA) is 72.5 Å². The van der Waals surface area contributed by atoms with E-state index in [9.17, 15) is 9.90 Å². The molecule has 0 heterocycles. The first kappa shape index (κ1) is 15.0. The smallest absolute Gasteiger partial charge is 0.339 e. The zero-order valence-electron chi connectivity index (χ0n) is 11.6. The number of halogens is 1. The lowest BCUT2D eigenvalue weighted by Crippen LogP contribution is -2.30. The van der Waals surface area contributed by atoms with Crippen LogP contribution in [0.3, 0.4) is 0 Å². The van der Waals surface area contributed by atoms with Gasteiger partial charge in [-0.1, -0.05) is 24.9 Å². The van der Waals surface area contributed by atoms with E-state index < -0.39 is 5.97 Å². The summed E-state index contributed by atoms with van der Waals surface area (Å²) in [5.41, 5.74) is 6.02. The summed E-state index contributed by atoms with van der Waals surface area (Å²) in [7, 11) is 0. The van der Waals surface area contributed by atoms with Crippen molar-refractivity contribution >= 4 is 23.3 Å². The number of ether oxygens (including phenoxy) is 1. The second-order valence-electron chi connectivity index (χ2n) is 5.29. The summed E-state index contributed by atoms with van der Waals surface area (Å²) >= 11 is 6.12. The molecule has 0 aliphatic heterocycles. The minimum Gasteiger partial charge on any atom is -0.488 e. The molecule has 4 nitrogen and oxygen atoms in total. The van der Waals surface area contributed by atoms with E-state index in [4.69, 9.17) is 22.1 Å². The highest BCUT2D eigenvalue weighted by atomic mass is 35.5. The van der Waals surface area contributed by atoms with Gasteiger partial charge in [0.25, 0.3) is 0 Å². The highest BCUT2D eigenvalue weighted by Gasteiger charge is 2.28. The van der Waals surface area contributed by atoms with E-state index in [1.807, 2.05) is 0 Å². The van der Waals surface area contributed by atoms with Crippen LogP contribution in [0.25, 0.3) is 0 Å². The van der Waals surface area contributed by atoms with Gasteiger partial charge in [-0.15, -0.1) is 0 Å². The van der Waals surface area contributed by atoms with Crippen molar-refractivity contribution in [3.63, 3.8) is 0 Å². The number of carboxylic acids is 1. The third-order valence-corrected chi connectivity index (χ3v) is 4.21. The van der Waals surface area contributed by atoms with Gasteiger partial charge in [-0.25, -0.2) is 4.79 Å². The largest absolute Gasteiger partial charge is 0.488 e. The number of carbonyl (C=O) groups is 1. The minimum atomic E-state index is -1.07. The van der Waals surface area contributed by atoms with Crippen LogP contribution in [0.4, 0.5) is 5.69 Å². The average molecular weight is 298 g/mol. The molecule has 1 aromatic rings. The predicted molar refractivity (Wildman–Crippen MR) is 79.5 cm³/mol. The lowest BCUT2D eigenvalue weighted by atomic mass is 9.84. The Balaban J connectivity index is 2.30. The maximum Gasteiger partial charge on any atom is 0.339 e. The zero-order chi connectivity index (χ0) is 14.7. The molecule has 3 N–H and O–H groups in total. The van der Waals surface area contributed by atoms with Gasteiger partial charge in [0.2, 0.25) is 0 Å². The molecule has 110 valence electrons. The van der Waals surface area contributed by atoms with E-state index in [0.717, 1.165) is 25.7 Å². The SMILES string of the molecule is CCC1CCCCC1Oc1c(Cl)cc(N)cc1C(=O)O. The molecule has 1 aromatic carbocycles. The Morgan fingerprint density at radius 1 is 1.45 bits per heavy atom. The highest BCUT2D eigenvalue weighted by Crippen LogP contribution is 2.36. The Morgan fingerprint density at radius 2 is 2.15 bits per heavy atom. The van der Waals surface area contributed by atoms with Gasteiger partial charge in [0, 0.05) is 5.69 Å². The number of rotatable bonds is 4. The summed E-state index contributed by atoms with van der Waals surface area (Å²) in [6, 6.07) is 2.93. The zero-order valence-corrected chi connectivity index (χ0v) is 12.3. The summed E-state index contributed by atoms with van der Waals surface area (Å²) in [6.45, 7) is 2.13. The second-order valence-corrected chi connectivity index (χ2v) is 5.70. The lowest BCUT2D eigenvalue weighted by Gasteiger charge is -2.32. The van der Waals surface area contributed by atoms with Crippen LogP contribution in [0, 0.1) is 5.92 Å². The van der Waals surface area contributed by atoms with E-state index in [1.165, 1.54) is 18.6 Å². The second kappa shape index (κ2) is 6.35. The van der Waals surface area contributed by atoms with Crippen molar-refractivity contribution < 1.29 is 14.6 Å². The van der Waals surface area contributed by atoms with Crippen LogP contribution in [0.2, 0.25) is 5.02 Å². The Hall–Kier alpha value is -1.42. The van der Waals surface area contributed by atoms with Crippen molar-refractivity contribution in [2.24, 2.45) is 5.92 Å². The lowest BCUT2D eigenvalue weighted by molar-refractivity contribution is 0.0664.